The smallest absolute Gasteiger partial charge is 0.138 e. The molecule has 1 aliphatic heterocycles. The number of nitrogens with zero attached hydrogens (tertiary/aromatic N) is 6. The molecule has 83 heavy (non-hydrogen) atoms. The summed E-state index contributed by atoms with van der Waals surface area (Å²) in [6, 6.07) is 96.9. The molecule has 388 valence electrons. The number of aromatic nitrogens is 6. The Morgan fingerprint density at radius 2 is 0.699 bits per heavy atom. The molecule has 0 bridgehead atoms. The van der Waals surface area contributed by atoms with Crippen molar-refractivity contribution < 1.29 is 0 Å². The predicted molar refractivity (Wildman–Crippen MR) is 346 cm³/mol. The monoisotopic (exact) mass is 1060 g/mol. The van der Waals surface area contributed by atoms with E-state index in [-0.39, 0.29) is 6.17 Å². The van der Waals surface area contributed by atoms with Crippen LogP contribution in [0.1, 0.15) is 11.7 Å². The molecule has 1 atom stereocenters. The largest absolute Gasteiger partial charge is 0.361 e. The molecule has 7 heterocycles. The fourth-order valence-corrected chi connectivity index (χ4v) is 14.1. The molecule has 0 radical (unpaired) electrons. The number of benzene rings is 11. The normalized spacial score (nSPS) is 13.8. The van der Waals surface area contributed by atoms with Crippen molar-refractivity contribution in [2.75, 3.05) is 0 Å². The molecule has 6 aromatic heterocycles. The van der Waals surface area contributed by atoms with Crippen LogP contribution in [0, 0.1) is 0 Å². The van der Waals surface area contributed by atoms with Crippen molar-refractivity contribution in [1.82, 2.24) is 33.1 Å². The summed E-state index contributed by atoms with van der Waals surface area (Å²) in [5.74, 6) is 0.874. The third kappa shape index (κ3) is 6.64. The van der Waals surface area contributed by atoms with E-state index in [0.717, 1.165) is 72.9 Å². The number of para-hydroxylation sites is 7. The van der Waals surface area contributed by atoms with E-state index in [1.165, 1.54) is 81.6 Å². The number of nitrogens with one attached hydrogen (secondary N) is 1. The quantitative estimate of drug-likeness (QED) is 0.173. The van der Waals surface area contributed by atoms with Crippen molar-refractivity contribution in [1.29, 1.82) is 0 Å². The zero-order chi connectivity index (χ0) is 54.3. The van der Waals surface area contributed by atoms with Crippen LogP contribution in [0.3, 0.4) is 0 Å². The number of rotatable bonds is 7. The maximum absolute atomic E-state index is 5.57. The number of fused-ring (bicyclic) bond motifs is 17. The van der Waals surface area contributed by atoms with Crippen molar-refractivity contribution in [3.8, 4) is 34.1 Å². The van der Waals surface area contributed by atoms with Gasteiger partial charge in [0.2, 0.25) is 0 Å². The highest BCUT2D eigenvalue weighted by Gasteiger charge is 2.26. The molecule has 1 aliphatic rings. The van der Waals surface area contributed by atoms with Crippen LogP contribution >= 0.6 is 0 Å². The van der Waals surface area contributed by atoms with Gasteiger partial charge in [-0.1, -0.05) is 152 Å². The second-order valence-electron chi connectivity index (χ2n) is 21.9. The Labute approximate surface area is 476 Å². The Morgan fingerprint density at radius 1 is 0.301 bits per heavy atom. The first-order valence-corrected chi connectivity index (χ1v) is 28.5. The van der Waals surface area contributed by atoms with E-state index in [0.29, 0.717) is 0 Å². The van der Waals surface area contributed by atoms with Crippen LogP contribution in [0.25, 0.3) is 149 Å². The highest BCUT2D eigenvalue weighted by molar-refractivity contribution is 6.30. The Kier molecular flexibility index (Phi) is 9.73. The molecular weight excluding hydrogens is 1010 g/mol. The van der Waals surface area contributed by atoms with Gasteiger partial charge < -0.3 is 23.6 Å². The maximum atomic E-state index is 5.57. The standard InChI is InChI=1S/C76H49N7/c1-4-20-50(21-5-1)79-65-40-38-48(59-30-18-36-71(77-59)82-63-34-16-12-28-55(63)75-69(82)44-42-67-73(75)53-26-10-14-32-61(53)80(67)51-22-6-2-7-23-51)46-57(65)58-47-49(39-41-66(58)79)60-31-19-37-72(78-60)83-64-35-17-13-29-56(64)76-70(83)45-43-68-74(76)54-27-11-15-33-62(54)81(68)52-24-8-3-9-25-52/h1-47,71,77H. The molecule has 0 aliphatic carbocycles. The molecule has 1 unspecified atom stereocenters. The lowest BCUT2D eigenvalue weighted by Crippen LogP contribution is -2.25. The molecule has 11 aromatic carbocycles. The first-order chi connectivity index (χ1) is 41.2. The molecule has 7 heteroatoms. The lowest BCUT2D eigenvalue weighted by molar-refractivity contribution is 0.589. The summed E-state index contributed by atoms with van der Waals surface area (Å²) in [5, 5.41) is 16.3. The molecule has 0 amide bonds. The minimum absolute atomic E-state index is 0.154. The van der Waals surface area contributed by atoms with Crippen molar-refractivity contribution >= 4 is 115 Å². The van der Waals surface area contributed by atoms with Crippen molar-refractivity contribution in [3.63, 3.8) is 0 Å². The minimum Gasteiger partial charge on any atom is -0.361 e. The van der Waals surface area contributed by atoms with Crippen molar-refractivity contribution in [2.24, 2.45) is 0 Å². The van der Waals surface area contributed by atoms with Gasteiger partial charge in [-0.2, -0.15) is 0 Å². The van der Waals surface area contributed by atoms with Gasteiger partial charge in [0, 0.05) is 82.2 Å². The Morgan fingerprint density at radius 3 is 1.25 bits per heavy atom. The van der Waals surface area contributed by atoms with E-state index in [1.54, 1.807) is 0 Å². The second-order valence-corrected chi connectivity index (χ2v) is 21.9. The first kappa shape index (κ1) is 45.7. The predicted octanol–water partition coefficient (Wildman–Crippen LogP) is 18.9. The molecule has 0 fully saturated rings. The van der Waals surface area contributed by atoms with E-state index in [1.807, 2.05) is 0 Å². The molecule has 0 spiro atoms. The molecular formula is C76H49N7. The second kappa shape index (κ2) is 17.7. The van der Waals surface area contributed by atoms with Crippen molar-refractivity contribution in [2.45, 2.75) is 6.17 Å². The maximum Gasteiger partial charge on any atom is 0.138 e. The number of dihydropyridines is 1. The van der Waals surface area contributed by atoms with E-state index in [4.69, 9.17) is 4.98 Å². The zero-order valence-corrected chi connectivity index (χ0v) is 44.9. The van der Waals surface area contributed by atoms with Gasteiger partial charge in [0.1, 0.15) is 12.0 Å². The molecule has 18 rings (SSSR count). The highest BCUT2D eigenvalue weighted by atomic mass is 15.2. The van der Waals surface area contributed by atoms with Crippen LogP contribution in [0.4, 0.5) is 0 Å². The number of hydrogen-bond acceptors (Lipinski definition) is 2. The minimum atomic E-state index is -0.154. The number of allylic oxidation sites excluding steroid dienone is 2. The van der Waals surface area contributed by atoms with E-state index in [2.05, 4.69) is 313 Å². The fourth-order valence-electron chi connectivity index (χ4n) is 14.1. The average molecular weight is 1060 g/mol. The number of hydrogen-bond donors (Lipinski definition) is 1. The molecule has 1 N–H and O–H groups in total. The zero-order valence-electron chi connectivity index (χ0n) is 44.9. The van der Waals surface area contributed by atoms with Gasteiger partial charge in [-0.3, -0.25) is 4.57 Å². The summed E-state index contributed by atoms with van der Waals surface area (Å²) >= 11 is 0. The Hall–Kier alpha value is -11.2. The highest BCUT2D eigenvalue weighted by Crippen LogP contribution is 2.45. The van der Waals surface area contributed by atoms with Gasteiger partial charge in [-0.15, -0.1) is 0 Å². The lowest BCUT2D eigenvalue weighted by atomic mass is 10.0. The van der Waals surface area contributed by atoms with Crippen molar-refractivity contribution in [3.05, 3.63) is 291 Å². The van der Waals surface area contributed by atoms with E-state index in [9.17, 15) is 0 Å². The molecule has 7 nitrogen and oxygen atoms in total. The average Bonchev–Trinajstić information content (AvgIpc) is 2.20. The van der Waals surface area contributed by atoms with Crippen LogP contribution in [-0.2, 0) is 0 Å². The third-order valence-corrected chi connectivity index (χ3v) is 17.5. The summed E-state index contributed by atoms with van der Waals surface area (Å²) in [7, 11) is 0. The fraction of sp³-hybridized carbons (Fsp3) is 0.0132. The van der Waals surface area contributed by atoms with Crippen LogP contribution in [0.5, 0.6) is 0 Å². The van der Waals surface area contributed by atoms with Crippen LogP contribution < -0.4 is 5.32 Å². The molecule has 0 saturated carbocycles. The first-order valence-electron chi connectivity index (χ1n) is 28.5. The summed E-state index contributed by atoms with van der Waals surface area (Å²) in [6.07, 6.45) is 6.56. The Balaban J connectivity index is 0.765. The lowest BCUT2D eigenvalue weighted by Gasteiger charge is -2.25. The Bertz CT molecular complexity index is 5590. The van der Waals surface area contributed by atoms with Gasteiger partial charge in [-0.25, -0.2) is 4.98 Å². The van der Waals surface area contributed by atoms with Crippen LogP contribution in [0.2, 0.25) is 0 Å². The SMILES string of the molecule is C1=CC(n2c3ccccc3c3c4c5ccccc5n(-c5ccccc5)c4ccc32)NC(c2ccc3c(c2)c2cc(-c4cccc(-n5c6ccccc6c6c7c8ccccc8n(-c8ccccc8)c7ccc65)n4)ccc2n3-c2ccccc2)=C1. The van der Waals surface area contributed by atoms with Crippen LogP contribution in [-0.4, -0.2) is 27.8 Å². The summed E-state index contributed by atoms with van der Waals surface area (Å²) in [4.78, 5) is 5.57. The third-order valence-electron chi connectivity index (χ3n) is 17.5. The summed E-state index contributed by atoms with van der Waals surface area (Å²) < 4.78 is 12.0. The van der Waals surface area contributed by atoms with Gasteiger partial charge in [0.25, 0.3) is 0 Å². The molecule has 0 saturated heterocycles. The van der Waals surface area contributed by atoms with Gasteiger partial charge in [0.05, 0.1) is 60.9 Å². The molecule has 17 aromatic rings. The van der Waals surface area contributed by atoms with E-state index >= 15 is 0 Å². The summed E-state index contributed by atoms with van der Waals surface area (Å²) in [6.45, 7) is 0. The van der Waals surface area contributed by atoms with E-state index < -0.39 is 0 Å². The van der Waals surface area contributed by atoms with Gasteiger partial charge >= 0.3 is 0 Å². The number of pyridine rings is 1. The van der Waals surface area contributed by atoms with Crippen LogP contribution in [0.15, 0.2) is 285 Å². The summed E-state index contributed by atoms with van der Waals surface area (Å²) in [5.41, 5.74) is 19.2. The van der Waals surface area contributed by atoms with Gasteiger partial charge in [-0.05, 0) is 139 Å². The van der Waals surface area contributed by atoms with Gasteiger partial charge in [0.15, 0.2) is 0 Å². The topological polar surface area (TPSA) is 49.6 Å².